The average molecular weight is 316 g/mol. The van der Waals surface area contributed by atoms with E-state index < -0.39 is 0 Å². The lowest BCUT2D eigenvalue weighted by Crippen LogP contribution is -2.52. The number of thiocarbonyl (C=S) groups is 1. The van der Waals surface area contributed by atoms with Crippen LogP contribution < -0.4 is 5.32 Å². The maximum atomic E-state index is 12.2. The van der Waals surface area contributed by atoms with Crippen molar-refractivity contribution in [2.24, 2.45) is 0 Å². The monoisotopic (exact) mass is 316 g/mol. The maximum absolute atomic E-state index is 12.2. The molecule has 2 rings (SSSR count). The molecule has 1 amide bonds. The van der Waals surface area contributed by atoms with Gasteiger partial charge in [-0.3, -0.25) is 15.0 Å². The summed E-state index contributed by atoms with van der Waals surface area (Å²) in [5, 5.41) is 11.9. The molecule has 0 bridgehead atoms. The van der Waals surface area contributed by atoms with Crippen LogP contribution in [0.3, 0.4) is 0 Å². The molecule has 1 heterocycles. The van der Waals surface area contributed by atoms with E-state index in [-0.39, 0.29) is 5.91 Å². The number of rotatable bonds is 3. The molecule has 1 saturated heterocycles. The second kappa shape index (κ2) is 7.87. The molecular weight excluding hydrogens is 296 g/mol. The molecule has 0 radical (unpaired) electrons. The van der Waals surface area contributed by atoms with Crippen molar-refractivity contribution in [3.8, 4) is 6.07 Å². The number of hydrogen-bond donors (Lipinski definition) is 1. The van der Waals surface area contributed by atoms with Crippen LogP contribution in [0.1, 0.15) is 22.3 Å². The number of aryl methyl sites for hydroxylation is 1. The highest BCUT2D eigenvalue weighted by atomic mass is 32.1. The number of nitrogens with one attached hydrogen (secondary N) is 1. The number of nitrogens with zero attached hydrogens (tertiary/aromatic N) is 3. The first kappa shape index (κ1) is 16.4. The Morgan fingerprint density at radius 1 is 1.36 bits per heavy atom. The summed E-state index contributed by atoms with van der Waals surface area (Å²) in [6.45, 7) is 6.03. The van der Waals surface area contributed by atoms with Crippen LogP contribution in [0.15, 0.2) is 24.3 Å². The Morgan fingerprint density at radius 2 is 2.09 bits per heavy atom. The highest BCUT2D eigenvalue weighted by Crippen LogP contribution is 2.06. The number of piperazine rings is 1. The molecule has 0 aliphatic carbocycles. The Balaban J connectivity index is 1.83. The first-order valence-corrected chi connectivity index (χ1v) is 7.77. The number of carbonyl (C=O) groups excluding carboxylic acids is 1. The van der Waals surface area contributed by atoms with E-state index in [1.165, 1.54) is 0 Å². The fraction of sp³-hybridized carbons (Fsp3) is 0.438. The van der Waals surface area contributed by atoms with Crippen molar-refractivity contribution in [3.05, 3.63) is 35.4 Å². The fourth-order valence-electron chi connectivity index (χ4n) is 2.42. The van der Waals surface area contributed by atoms with Gasteiger partial charge in [-0.05, 0) is 31.3 Å². The van der Waals surface area contributed by atoms with Crippen LogP contribution in [-0.4, -0.2) is 53.5 Å². The first-order valence-electron chi connectivity index (χ1n) is 7.36. The lowest BCUT2D eigenvalue weighted by molar-refractivity contribution is 0.0969. The Morgan fingerprint density at radius 3 is 2.73 bits per heavy atom. The Kier molecular flexibility index (Phi) is 5.87. The van der Waals surface area contributed by atoms with Crippen LogP contribution in [0.25, 0.3) is 0 Å². The quantitative estimate of drug-likeness (QED) is 0.857. The normalized spacial score (nSPS) is 15.2. The molecule has 5 nitrogen and oxygen atoms in total. The number of amides is 1. The molecule has 22 heavy (non-hydrogen) atoms. The Bertz CT molecular complexity index is 588. The zero-order valence-electron chi connectivity index (χ0n) is 12.7. The average Bonchev–Trinajstić information content (AvgIpc) is 2.53. The minimum absolute atomic E-state index is 0.166. The summed E-state index contributed by atoms with van der Waals surface area (Å²) in [7, 11) is 0. The van der Waals surface area contributed by atoms with E-state index in [1.54, 1.807) is 6.07 Å². The summed E-state index contributed by atoms with van der Waals surface area (Å²) in [5.41, 5.74) is 1.67. The predicted molar refractivity (Wildman–Crippen MR) is 89.5 cm³/mol. The summed E-state index contributed by atoms with van der Waals surface area (Å²) < 4.78 is 0. The van der Waals surface area contributed by atoms with Crippen LogP contribution >= 0.6 is 12.2 Å². The van der Waals surface area contributed by atoms with E-state index in [0.29, 0.717) is 17.1 Å². The van der Waals surface area contributed by atoms with Crippen molar-refractivity contribution < 1.29 is 4.79 Å². The van der Waals surface area contributed by atoms with E-state index in [2.05, 4.69) is 16.3 Å². The van der Waals surface area contributed by atoms with Crippen molar-refractivity contribution >= 4 is 23.2 Å². The first-order chi connectivity index (χ1) is 10.6. The van der Waals surface area contributed by atoms with Gasteiger partial charge < -0.3 is 4.90 Å². The lowest BCUT2D eigenvalue weighted by Gasteiger charge is -2.35. The number of hydrogen-bond acceptors (Lipinski definition) is 4. The molecule has 1 aliphatic rings. The van der Waals surface area contributed by atoms with E-state index in [4.69, 9.17) is 17.5 Å². The maximum Gasteiger partial charge on any atom is 0.257 e. The molecule has 0 unspecified atom stereocenters. The third-order valence-corrected chi connectivity index (χ3v) is 4.06. The molecule has 1 aliphatic heterocycles. The lowest BCUT2D eigenvalue weighted by atomic mass is 10.1. The smallest absolute Gasteiger partial charge is 0.257 e. The molecule has 0 spiro atoms. The number of nitriles is 1. The van der Waals surface area contributed by atoms with Gasteiger partial charge in [-0.25, -0.2) is 0 Å². The van der Waals surface area contributed by atoms with Gasteiger partial charge in [-0.2, -0.15) is 5.26 Å². The van der Waals surface area contributed by atoms with Gasteiger partial charge in [0.2, 0.25) is 0 Å². The van der Waals surface area contributed by atoms with Gasteiger partial charge in [0.1, 0.15) is 0 Å². The molecule has 0 atom stereocenters. The van der Waals surface area contributed by atoms with E-state index in [0.717, 1.165) is 38.3 Å². The van der Waals surface area contributed by atoms with Gasteiger partial charge in [0.15, 0.2) is 5.11 Å². The van der Waals surface area contributed by atoms with Gasteiger partial charge in [-0.1, -0.05) is 17.7 Å². The molecule has 1 fully saturated rings. The van der Waals surface area contributed by atoms with Gasteiger partial charge in [-0.15, -0.1) is 0 Å². The Labute approximate surface area is 136 Å². The van der Waals surface area contributed by atoms with Gasteiger partial charge in [0.05, 0.1) is 6.07 Å². The summed E-state index contributed by atoms with van der Waals surface area (Å²) in [4.78, 5) is 16.4. The van der Waals surface area contributed by atoms with Gasteiger partial charge in [0.25, 0.3) is 5.91 Å². The summed E-state index contributed by atoms with van der Waals surface area (Å²) in [5.74, 6) is -0.166. The molecular formula is C16H20N4OS. The second-order valence-electron chi connectivity index (χ2n) is 5.37. The second-order valence-corrected chi connectivity index (χ2v) is 5.75. The molecule has 116 valence electrons. The molecule has 1 aromatic rings. The zero-order chi connectivity index (χ0) is 15.9. The van der Waals surface area contributed by atoms with Crippen molar-refractivity contribution in [2.75, 3.05) is 32.7 Å². The predicted octanol–water partition coefficient (Wildman–Crippen LogP) is 1.54. The van der Waals surface area contributed by atoms with Crippen LogP contribution in [0, 0.1) is 18.3 Å². The van der Waals surface area contributed by atoms with Crippen molar-refractivity contribution in [1.29, 1.82) is 5.26 Å². The fourth-order valence-corrected chi connectivity index (χ4v) is 2.69. The van der Waals surface area contributed by atoms with E-state index in [9.17, 15) is 4.79 Å². The van der Waals surface area contributed by atoms with Crippen molar-refractivity contribution in [2.45, 2.75) is 13.3 Å². The highest BCUT2D eigenvalue weighted by molar-refractivity contribution is 7.80. The third kappa shape index (κ3) is 4.52. The van der Waals surface area contributed by atoms with Crippen molar-refractivity contribution in [3.63, 3.8) is 0 Å². The minimum Gasteiger partial charge on any atom is -0.346 e. The van der Waals surface area contributed by atoms with Crippen LogP contribution in [-0.2, 0) is 0 Å². The SMILES string of the molecule is Cc1cccc(C(=O)NC(=S)N2CCN(CCC#N)CC2)c1. The van der Waals surface area contributed by atoms with Crippen molar-refractivity contribution in [1.82, 2.24) is 15.1 Å². The molecule has 6 heteroatoms. The molecule has 0 aromatic heterocycles. The molecule has 0 saturated carbocycles. The molecule has 1 aromatic carbocycles. The Hall–Kier alpha value is -1.97. The number of benzene rings is 1. The third-order valence-electron chi connectivity index (χ3n) is 3.70. The van der Waals surface area contributed by atoms with E-state index in [1.807, 2.05) is 30.0 Å². The summed E-state index contributed by atoms with van der Waals surface area (Å²) >= 11 is 5.33. The highest BCUT2D eigenvalue weighted by Gasteiger charge is 2.20. The standard InChI is InChI=1S/C16H20N4OS/c1-13-4-2-5-14(12-13)15(21)18-16(22)20-10-8-19(9-11-20)7-3-6-17/h2,4-5,12H,3,7-11H2,1H3,(H,18,21,22). The molecule has 1 N–H and O–H groups in total. The summed E-state index contributed by atoms with van der Waals surface area (Å²) in [6, 6.07) is 9.60. The zero-order valence-corrected chi connectivity index (χ0v) is 13.5. The van der Waals surface area contributed by atoms with Gasteiger partial charge >= 0.3 is 0 Å². The minimum atomic E-state index is -0.166. The van der Waals surface area contributed by atoms with Crippen LogP contribution in [0.2, 0.25) is 0 Å². The van der Waals surface area contributed by atoms with Crippen LogP contribution in [0.4, 0.5) is 0 Å². The van der Waals surface area contributed by atoms with E-state index >= 15 is 0 Å². The largest absolute Gasteiger partial charge is 0.346 e. The number of carbonyl (C=O) groups is 1. The van der Waals surface area contributed by atoms with Gasteiger partial charge in [0, 0.05) is 44.7 Å². The van der Waals surface area contributed by atoms with Crippen LogP contribution in [0.5, 0.6) is 0 Å². The topological polar surface area (TPSA) is 59.4 Å². The summed E-state index contributed by atoms with van der Waals surface area (Å²) in [6.07, 6.45) is 0.550.